The number of methoxy groups -OCH3 is 1. The lowest BCUT2D eigenvalue weighted by molar-refractivity contribution is 0.414. The summed E-state index contributed by atoms with van der Waals surface area (Å²) >= 11 is 0. The van der Waals surface area contributed by atoms with E-state index in [1.165, 1.54) is 6.20 Å². The van der Waals surface area contributed by atoms with Crippen molar-refractivity contribution < 1.29 is 13.2 Å². The van der Waals surface area contributed by atoms with E-state index in [4.69, 9.17) is 4.74 Å². The molecule has 1 heterocycles. The average molecular weight is 309 g/mol. The standard InChI is InChI=1S/C14H19N3O3S/c1-3-13-15-10-14(17-13)21(18,19)16-9-8-11-4-6-12(20-2)7-5-11/h4-7,10,16H,3,8-9H2,1-2H3,(H,15,17). The van der Waals surface area contributed by atoms with Gasteiger partial charge in [0.25, 0.3) is 10.0 Å². The van der Waals surface area contributed by atoms with Gasteiger partial charge >= 0.3 is 0 Å². The molecule has 0 saturated heterocycles. The van der Waals surface area contributed by atoms with Crippen LogP contribution < -0.4 is 9.46 Å². The fourth-order valence-electron chi connectivity index (χ4n) is 1.86. The van der Waals surface area contributed by atoms with E-state index in [-0.39, 0.29) is 5.03 Å². The average Bonchev–Trinajstić information content (AvgIpc) is 2.98. The van der Waals surface area contributed by atoms with Gasteiger partial charge in [-0.1, -0.05) is 19.1 Å². The van der Waals surface area contributed by atoms with Gasteiger partial charge in [0.2, 0.25) is 0 Å². The van der Waals surface area contributed by atoms with Crippen LogP contribution in [-0.4, -0.2) is 32.0 Å². The normalized spacial score (nSPS) is 11.5. The first-order chi connectivity index (χ1) is 10.0. The summed E-state index contributed by atoms with van der Waals surface area (Å²) in [5.41, 5.74) is 1.04. The zero-order valence-electron chi connectivity index (χ0n) is 12.1. The molecule has 6 nitrogen and oxygen atoms in total. The smallest absolute Gasteiger partial charge is 0.257 e. The van der Waals surface area contributed by atoms with Crippen molar-refractivity contribution in [3.05, 3.63) is 41.9 Å². The van der Waals surface area contributed by atoms with Gasteiger partial charge < -0.3 is 9.72 Å². The van der Waals surface area contributed by atoms with Crippen LogP contribution in [-0.2, 0) is 22.9 Å². The Balaban J connectivity index is 1.92. The molecular formula is C14H19N3O3S. The molecule has 2 rings (SSSR count). The fraction of sp³-hybridized carbons (Fsp3) is 0.357. The molecule has 0 amide bonds. The number of hydrogen-bond acceptors (Lipinski definition) is 4. The van der Waals surface area contributed by atoms with Crippen LogP contribution in [0.5, 0.6) is 5.75 Å². The Morgan fingerprint density at radius 1 is 1.29 bits per heavy atom. The lowest BCUT2D eigenvalue weighted by Crippen LogP contribution is -2.26. The number of rotatable bonds is 7. The Bertz CT molecular complexity index is 678. The van der Waals surface area contributed by atoms with Gasteiger partial charge in [-0.25, -0.2) is 18.1 Å². The van der Waals surface area contributed by atoms with E-state index in [1.807, 2.05) is 31.2 Å². The molecule has 2 N–H and O–H groups in total. The van der Waals surface area contributed by atoms with E-state index in [0.717, 1.165) is 11.3 Å². The monoisotopic (exact) mass is 309 g/mol. The maximum Gasteiger partial charge on any atom is 0.257 e. The summed E-state index contributed by atoms with van der Waals surface area (Å²) in [5.74, 6) is 1.44. The number of aryl methyl sites for hydroxylation is 1. The molecule has 0 radical (unpaired) electrons. The van der Waals surface area contributed by atoms with Crippen LogP contribution in [0.25, 0.3) is 0 Å². The number of ether oxygens (including phenoxy) is 1. The number of benzene rings is 1. The number of aromatic nitrogens is 2. The topological polar surface area (TPSA) is 84.1 Å². The van der Waals surface area contributed by atoms with Gasteiger partial charge in [0.1, 0.15) is 11.6 Å². The lowest BCUT2D eigenvalue weighted by atomic mass is 10.1. The van der Waals surface area contributed by atoms with Gasteiger partial charge in [0.15, 0.2) is 5.03 Å². The largest absolute Gasteiger partial charge is 0.497 e. The molecule has 1 aromatic carbocycles. The van der Waals surface area contributed by atoms with Crippen molar-refractivity contribution in [2.24, 2.45) is 0 Å². The molecule has 0 spiro atoms. The van der Waals surface area contributed by atoms with Gasteiger partial charge in [-0.15, -0.1) is 0 Å². The second-order valence-corrected chi connectivity index (χ2v) is 6.28. The van der Waals surface area contributed by atoms with Crippen molar-refractivity contribution in [2.75, 3.05) is 13.7 Å². The highest BCUT2D eigenvalue weighted by molar-refractivity contribution is 7.89. The molecule has 2 aromatic rings. The second kappa shape index (κ2) is 6.73. The Morgan fingerprint density at radius 3 is 2.57 bits per heavy atom. The lowest BCUT2D eigenvalue weighted by Gasteiger charge is -2.06. The maximum absolute atomic E-state index is 12.0. The third kappa shape index (κ3) is 4.05. The van der Waals surface area contributed by atoms with Crippen molar-refractivity contribution in [1.29, 1.82) is 0 Å². The molecule has 21 heavy (non-hydrogen) atoms. The Morgan fingerprint density at radius 2 is 2.00 bits per heavy atom. The van der Waals surface area contributed by atoms with Gasteiger partial charge in [0, 0.05) is 13.0 Å². The van der Waals surface area contributed by atoms with Gasteiger partial charge in [-0.05, 0) is 24.1 Å². The minimum Gasteiger partial charge on any atom is -0.497 e. The molecule has 7 heteroatoms. The van der Waals surface area contributed by atoms with E-state index < -0.39 is 10.0 Å². The summed E-state index contributed by atoms with van der Waals surface area (Å²) in [5, 5.41) is 0.106. The van der Waals surface area contributed by atoms with Crippen molar-refractivity contribution in [1.82, 2.24) is 14.7 Å². The number of nitrogens with one attached hydrogen (secondary N) is 2. The molecule has 0 bridgehead atoms. The SMILES string of the molecule is CCc1ncc(S(=O)(=O)NCCc2ccc(OC)cc2)[nH]1. The van der Waals surface area contributed by atoms with Crippen LogP contribution in [0, 0.1) is 0 Å². The molecule has 0 atom stereocenters. The molecule has 0 saturated carbocycles. The number of imidazole rings is 1. The summed E-state index contributed by atoms with van der Waals surface area (Å²) in [6.45, 7) is 2.24. The first-order valence-corrected chi connectivity index (χ1v) is 8.20. The second-order valence-electron chi connectivity index (χ2n) is 4.54. The number of hydrogen-bond donors (Lipinski definition) is 2. The Kier molecular flexibility index (Phi) is 4.98. The Hall–Kier alpha value is -1.86. The van der Waals surface area contributed by atoms with Crippen LogP contribution >= 0.6 is 0 Å². The van der Waals surface area contributed by atoms with Crippen molar-refractivity contribution in [3.8, 4) is 5.75 Å². The molecule has 0 aliphatic carbocycles. The highest BCUT2D eigenvalue weighted by Gasteiger charge is 2.16. The van der Waals surface area contributed by atoms with Gasteiger partial charge in [-0.3, -0.25) is 0 Å². The van der Waals surface area contributed by atoms with Gasteiger partial charge in [0.05, 0.1) is 13.3 Å². The predicted octanol–water partition coefficient (Wildman–Crippen LogP) is 1.50. The highest BCUT2D eigenvalue weighted by atomic mass is 32.2. The summed E-state index contributed by atoms with van der Waals surface area (Å²) in [6, 6.07) is 7.54. The maximum atomic E-state index is 12.0. The van der Waals surface area contributed by atoms with Crippen LogP contribution in [0.1, 0.15) is 18.3 Å². The molecular weight excluding hydrogens is 290 g/mol. The van der Waals surface area contributed by atoms with Crippen LogP contribution in [0.15, 0.2) is 35.5 Å². The number of aromatic amines is 1. The summed E-state index contributed by atoms with van der Waals surface area (Å²) in [6.07, 6.45) is 2.62. The molecule has 0 unspecified atom stereocenters. The third-order valence-electron chi connectivity index (χ3n) is 3.09. The van der Waals surface area contributed by atoms with E-state index in [1.54, 1.807) is 7.11 Å². The van der Waals surface area contributed by atoms with Crippen LogP contribution in [0.4, 0.5) is 0 Å². The summed E-state index contributed by atoms with van der Waals surface area (Å²) in [7, 11) is -1.92. The van der Waals surface area contributed by atoms with Crippen molar-refractivity contribution in [2.45, 2.75) is 24.8 Å². The molecule has 114 valence electrons. The third-order valence-corrected chi connectivity index (χ3v) is 4.47. The highest BCUT2D eigenvalue weighted by Crippen LogP contribution is 2.12. The molecule has 0 aliphatic heterocycles. The van der Waals surface area contributed by atoms with E-state index in [0.29, 0.717) is 25.2 Å². The van der Waals surface area contributed by atoms with E-state index in [9.17, 15) is 8.42 Å². The van der Waals surface area contributed by atoms with Crippen LogP contribution in [0.2, 0.25) is 0 Å². The Labute approximate surface area is 124 Å². The molecule has 1 aromatic heterocycles. The van der Waals surface area contributed by atoms with E-state index in [2.05, 4.69) is 14.7 Å². The molecule has 0 fully saturated rings. The fourth-order valence-corrected chi connectivity index (χ4v) is 2.83. The van der Waals surface area contributed by atoms with Crippen molar-refractivity contribution in [3.63, 3.8) is 0 Å². The van der Waals surface area contributed by atoms with Crippen molar-refractivity contribution >= 4 is 10.0 Å². The number of sulfonamides is 1. The van der Waals surface area contributed by atoms with Gasteiger partial charge in [-0.2, -0.15) is 0 Å². The molecule has 0 aliphatic rings. The van der Waals surface area contributed by atoms with E-state index >= 15 is 0 Å². The minimum absolute atomic E-state index is 0.106. The summed E-state index contributed by atoms with van der Waals surface area (Å²) in [4.78, 5) is 6.79. The zero-order chi connectivity index (χ0) is 15.3. The number of nitrogens with zero attached hydrogens (tertiary/aromatic N) is 1. The summed E-state index contributed by atoms with van der Waals surface area (Å²) < 4.78 is 31.7. The number of H-pyrrole nitrogens is 1. The first kappa shape index (κ1) is 15.5. The predicted molar refractivity (Wildman–Crippen MR) is 79.9 cm³/mol. The quantitative estimate of drug-likeness (QED) is 0.812. The first-order valence-electron chi connectivity index (χ1n) is 6.71. The zero-order valence-corrected chi connectivity index (χ0v) is 12.9. The minimum atomic E-state index is -3.53. The van der Waals surface area contributed by atoms with Crippen LogP contribution in [0.3, 0.4) is 0 Å².